The Morgan fingerprint density at radius 3 is 2.70 bits per heavy atom. The van der Waals surface area contributed by atoms with Crippen molar-refractivity contribution in [1.82, 2.24) is 15.3 Å². The highest BCUT2D eigenvalue weighted by Gasteiger charge is 2.12. The van der Waals surface area contributed by atoms with Crippen LogP contribution in [-0.4, -0.2) is 29.5 Å². The fourth-order valence-corrected chi connectivity index (χ4v) is 2.00. The number of amides is 1. The van der Waals surface area contributed by atoms with Gasteiger partial charge in [0.1, 0.15) is 11.4 Å². The van der Waals surface area contributed by atoms with Gasteiger partial charge in [0.05, 0.1) is 12.8 Å². The van der Waals surface area contributed by atoms with Crippen molar-refractivity contribution in [1.29, 1.82) is 0 Å². The van der Waals surface area contributed by atoms with E-state index in [1.807, 2.05) is 45.0 Å². The van der Waals surface area contributed by atoms with Gasteiger partial charge in [-0.2, -0.15) is 0 Å². The number of anilines is 2. The quantitative estimate of drug-likeness (QED) is 0.857. The van der Waals surface area contributed by atoms with Crippen molar-refractivity contribution in [3.8, 4) is 5.75 Å². The van der Waals surface area contributed by atoms with E-state index in [-0.39, 0.29) is 5.91 Å². The van der Waals surface area contributed by atoms with Gasteiger partial charge in [-0.3, -0.25) is 4.79 Å². The molecule has 0 aliphatic rings. The monoisotopic (exact) mass is 314 g/mol. The van der Waals surface area contributed by atoms with Crippen LogP contribution >= 0.6 is 0 Å². The number of hydrogen-bond acceptors (Lipinski definition) is 5. The molecule has 1 aromatic heterocycles. The predicted molar refractivity (Wildman–Crippen MR) is 90.2 cm³/mol. The van der Waals surface area contributed by atoms with Crippen LogP contribution in [0.2, 0.25) is 0 Å². The lowest BCUT2D eigenvalue weighted by Crippen LogP contribution is -2.28. The third-order valence-electron chi connectivity index (χ3n) is 3.11. The van der Waals surface area contributed by atoms with Crippen LogP contribution in [0.15, 0.2) is 30.3 Å². The highest BCUT2D eigenvalue weighted by molar-refractivity contribution is 5.92. The average molecular weight is 314 g/mol. The number of para-hydroxylation sites is 2. The summed E-state index contributed by atoms with van der Waals surface area (Å²) in [5.41, 5.74) is 1.80. The fourth-order valence-electron chi connectivity index (χ4n) is 2.00. The zero-order valence-electron chi connectivity index (χ0n) is 13.9. The lowest BCUT2D eigenvalue weighted by Gasteiger charge is -2.12. The molecular weight excluding hydrogens is 292 g/mol. The summed E-state index contributed by atoms with van der Waals surface area (Å²) in [4.78, 5) is 20.8. The zero-order chi connectivity index (χ0) is 16.8. The second-order valence-electron chi connectivity index (χ2n) is 5.65. The number of aryl methyl sites for hydroxylation is 1. The summed E-state index contributed by atoms with van der Waals surface area (Å²) < 4.78 is 5.29. The maximum atomic E-state index is 12.2. The van der Waals surface area contributed by atoms with E-state index in [9.17, 15) is 4.79 Å². The summed E-state index contributed by atoms with van der Waals surface area (Å²) in [6.45, 7) is 6.52. The minimum Gasteiger partial charge on any atom is -0.495 e. The van der Waals surface area contributed by atoms with E-state index >= 15 is 0 Å². The van der Waals surface area contributed by atoms with E-state index in [2.05, 4.69) is 20.6 Å². The number of carbonyl (C=O) groups is 1. The van der Waals surface area contributed by atoms with Gasteiger partial charge in [0.25, 0.3) is 5.91 Å². The third-order valence-corrected chi connectivity index (χ3v) is 3.11. The summed E-state index contributed by atoms with van der Waals surface area (Å²) in [6.07, 6.45) is 0. The van der Waals surface area contributed by atoms with Crippen LogP contribution in [-0.2, 0) is 0 Å². The van der Waals surface area contributed by atoms with Gasteiger partial charge < -0.3 is 15.4 Å². The van der Waals surface area contributed by atoms with Crippen LogP contribution in [0, 0.1) is 12.8 Å². The van der Waals surface area contributed by atoms with Crippen molar-refractivity contribution in [3.63, 3.8) is 0 Å². The van der Waals surface area contributed by atoms with Crippen molar-refractivity contribution < 1.29 is 9.53 Å². The molecule has 0 saturated heterocycles. The minimum absolute atomic E-state index is 0.202. The van der Waals surface area contributed by atoms with E-state index in [4.69, 9.17) is 4.74 Å². The van der Waals surface area contributed by atoms with Gasteiger partial charge in [0.2, 0.25) is 5.95 Å². The third kappa shape index (κ3) is 4.67. The lowest BCUT2D eigenvalue weighted by atomic mass is 10.2. The molecule has 122 valence electrons. The number of methoxy groups -OCH3 is 1. The molecule has 6 heteroatoms. The Morgan fingerprint density at radius 1 is 1.26 bits per heavy atom. The highest BCUT2D eigenvalue weighted by atomic mass is 16.5. The fraction of sp³-hybridized carbons (Fsp3) is 0.353. The highest BCUT2D eigenvalue weighted by Crippen LogP contribution is 2.25. The molecule has 0 unspecified atom stereocenters. The molecule has 0 aliphatic heterocycles. The van der Waals surface area contributed by atoms with Gasteiger partial charge in [-0.05, 0) is 31.0 Å². The molecule has 0 spiro atoms. The number of nitrogens with one attached hydrogen (secondary N) is 2. The van der Waals surface area contributed by atoms with Crippen molar-refractivity contribution >= 4 is 17.5 Å². The van der Waals surface area contributed by atoms with Gasteiger partial charge in [-0.15, -0.1) is 0 Å². The second-order valence-corrected chi connectivity index (χ2v) is 5.65. The molecule has 0 fully saturated rings. The summed E-state index contributed by atoms with van der Waals surface area (Å²) in [5.74, 6) is 1.23. The average Bonchev–Trinajstić information content (AvgIpc) is 2.52. The molecule has 0 aliphatic carbocycles. The van der Waals surface area contributed by atoms with Crippen LogP contribution < -0.4 is 15.4 Å². The van der Waals surface area contributed by atoms with Gasteiger partial charge in [-0.1, -0.05) is 26.0 Å². The Labute approximate surface area is 136 Å². The van der Waals surface area contributed by atoms with Gasteiger partial charge >= 0.3 is 0 Å². The van der Waals surface area contributed by atoms with Crippen molar-refractivity contribution in [2.24, 2.45) is 5.92 Å². The Balaban J connectivity index is 2.21. The molecule has 2 N–H and O–H groups in total. The smallest absolute Gasteiger partial charge is 0.270 e. The molecule has 0 atom stereocenters. The molecule has 6 nitrogen and oxygen atoms in total. The van der Waals surface area contributed by atoms with Gasteiger partial charge in [-0.25, -0.2) is 9.97 Å². The largest absolute Gasteiger partial charge is 0.495 e. The van der Waals surface area contributed by atoms with Crippen molar-refractivity contribution in [2.75, 3.05) is 19.0 Å². The summed E-state index contributed by atoms with van der Waals surface area (Å²) in [6, 6.07) is 9.14. The first kappa shape index (κ1) is 16.7. The molecule has 2 rings (SSSR count). The molecule has 1 aromatic carbocycles. The molecule has 1 amide bonds. The van der Waals surface area contributed by atoms with E-state index in [1.54, 1.807) is 13.2 Å². The number of ether oxygens (including phenoxy) is 1. The number of nitrogens with zero attached hydrogens (tertiary/aromatic N) is 2. The van der Waals surface area contributed by atoms with Crippen LogP contribution in [0.4, 0.5) is 11.6 Å². The van der Waals surface area contributed by atoms with Crippen molar-refractivity contribution in [2.45, 2.75) is 20.8 Å². The molecule has 0 bridgehead atoms. The van der Waals surface area contributed by atoms with E-state index in [0.717, 1.165) is 5.69 Å². The zero-order valence-corrected chi connectivity index (χ0v) is 13.9. The topological polar surface area (TPSA) is 76.1 Å². The Kier molecular flexibility index (Phi) is 5.51. The molecule has 0 radical (unpaired) electrons. The first-order valence-corrected chi connectivity index (χ1v) is 7.53. The Bertz CT molecular complexity index is 686. The first-order chi connectivity index (χ1) is 11.0. The number of aromatic nitrogens is 2. The summed E-state index contributed by atoms with van der Waals surface area (Å²) >= 11 is 0. The number of carbonyl (C=O) groups excluding carboxylic acids is 1. The van der Waals surface area contributed by atoms with E-state index in [0.29, 0.717) is 35.5 Å². The first-order valence-electron chi connectivity index (χ1n) is 7.53. The minimum atomic E-state index is -0.202. The molecule has 23 heavy (non-hydrogen) atoms. The molecule has 0 saturated carbocycles. The number of rotatable bonds is 6. The maximum absolute atomic E-state index is 12.2. The van der Waals surface area contributed by atoms with Gasteiger partial charge in [0.15, 0.2) is 0 Å². The van der Waals surface area contributed by atoms with Crippen molar-refractivity contribution in [3.05, 3.63) is 41.7 Å². The number of hydrogen-bond donors (Lipinski definition) is 2. The summed E-state index contributed by atoms with van der Waals surface area (Å²) in [5, 5.41) is 5.95. The molecule has 1 heterocycles. The molecule has 2 aromatic rings. The number of benzene rings is 1. The van der Waals surface area contributed by atoms with E-state index < -0.39 is 0 Å². The van der Waals surface area contributed by atoms with Crippen LogP contribution in [0.25, 0.3) is 0 Å². The molecular formula is C17H22N4O2. The van der Waals surface area contributed by atoms with E-state index in [1.165, 1.54) is 0 Å². The Hall–Kier alpha value is -2.63. The van der Waals surface area contributed by atoms with Crippen LogP contribution in [0.5, 0.6) is 5.75 Å². The standard InChI is InChI=1S/C17H22N4O2/c1-11(2)10-18-16(22)14-9-12(3)19-17(21-14)20-13-7-5-6-8-15(13)23-4/h5-9,11H,10H2,1-4H3,(H,18,22)(H,19,20,21). The normalized spacial score (nSPS) is 10.5. The lowest BCUT2D eigenvalue weighted by molar-refractivity contribution is 0.0944. The summed E-state index contributed by atoms with van der Waals surface area (Å²) in [7, 11) is 1.60. The second kappa shape index (κ2) is 7.58. The SMILES string of the molecule is COc1ccccc1Nc1nc(C)cc(C(=O)NCC(C)C)n1. The van der Waals surface area contributed by atoms with Crippen LogP contribution in [0.1, 0.15) is 30.0 Å². The van der Waals surface area contributed by atoms with Gasteiger partial charge in [0, 0.05) is 12.2 Å². The Morgan fingerprint density at radius 2 is 2.00 bits per heavy atom. The predicted octanol–water partition coefficient (Wildman–Crippen LogP) is 2.92. The maximum Gasteiger partial charge on any atom is 0.270 e. The van der Waals surface area contributed by atoms with Crippen LogP contribution in [0.3, 0.4) is 0 Å².